The van der Waals surface area contributed by atoms with Gasteiger partial charge in [-0.05, 0) is 44.9 Å². The zero-order chi connectivity index (χ0) is 21.2. The van der Waals surface area contributed by atoms with Crippen molar-refractivity contribution in [1.29, 1.82) is 0 Å². The molecule has 2 unspecified atom stereocenters. The van der Waals surface area contributed by atoms with Crippen LogP contribution in [0.2, 0.25) is 0 Å². The van der Waals surface area contributed by atoms with Crippen molar-refractivity contribution in [1.82, 2.24) is 15.1 Å². The lowest BCUT2D eigenvalue weighted by atomic mass is 10.0. The summed E-state index contributed by atoms with van der Waals surface area (Å²) in [7, 11) is 0. The predicted molar refractivity (Wildman–Crippen MR) is 121 cm³/mol. The highest BCUT2D eigenvalue weighted by atomic mass is 16.5. The summed E-state index contributed by atoms with van der Waals surface area (Å²) in [4.78, 5) is 10.0. The smallest absolute Gasteiger partial charge is 0.193 e. The highest BCUT2D eigenvalue weighted by molar-refractivity contribution is 5.80. The molecule has 3 saturated heterocycles. The quantitative estimate of drug-likeness (QED) is 0.477. The fourth-order valence-electron chi connectivity index (χ4n) is 4.68. The van der Waals surface area contributed by atoms with E-state index < -0.39 is 0 Å². The van der Waals surface area contributed by atoms with Gasteiger partial charge in [-0.1, -0.05) is 13.8 Å². The van der Waals surface area contributed by atoms with E-state index in [1.807, 2.05) is 0 Å². The number of ether oxygens (including phenoxy) is 3. The van der Waals surface area contributed by atoms with Gasteiger partial charge in [0.15, 0.2) is 5.96 Å². The van der Waals surface area contributed by atoms with Crippen LogP contribution >= 0.6 is 0 Å². The number of guanidine groups is 1. The average Bonchev–Trinajstić information content (AvgIpc) is 2.79. The van der Waals surface area contributed by atoms with Gasteiger partial charge >= 0.3 is 0 Å². The second-order valence-electron chi connectivity index (χ2n) is 9.16. The zero-order valence-corrected chi connectivity index (χ0v) is 19.5. The molecule has 0 spiro atoms. The van der Waals surface area contributed by atoms with Gasteiger partial charge in [-0.2, -0.15) is 0 Å². The third-order valence-electron chi connectivity index (χ3n) is 6.58. The monoisotopic (exact) mass is 424 g/mol. The van der Waals surface area contributed by atoms with Gasteiger partial charge in [-0.3, -0.25) is 9.89 Å². The summed E-state index contributed by atoms with van der Waals surface area (Å²) >= 11 is 0. The molecule has 3 aliphatic heterocycles. The van der Waals surface area contributed by atoms with E-state index >= 15 is 0 Å². The molecule has 3 heterocycles. The Morgan fingerprint density at radius 2 is 1.83 bits per heavy atom. The van der Waals surface area contributed by atoms with Crippen LogP contribution in [0.5, 0.6) is 0 Å². The lowest BCUT2D eigenvalue weighted by Crippen LogP contribution is -2.50. The minimum atomic E-state index is 0.309. The number of nitrogens with one attached hydrogen (secondary N) is 1. The fraction of sp³-hybridized carbons (Fsp3) is 0.957. The second kappa shape index (κ2) is 12.8. The van der Waals surface area contributed by atoms with E-state index in [-0.39, 0.29) is 0 Å². The van der Waals surface area contributed by atoms with Crippen LogP contribution in [0.25, 0.3) is 0 Å². The molecule has 1 N–H and O–H groups in total. The van der Waals surface area contributed by atoms with Crippen molar-refractivity contribution >= 4 is 5.96 Å². The Bertz CT molecular complexity index is 497. The Balaban J connectivity index is 1.47. The van der Waals surface area contributed by atoms with Crippen molar-refractivity contribution in [2.45, 2.75) is 71.1 Å². The normalized spacial score (nSPS) is 26.2. The van der Waals surface area contributed by atoms with Gasteiger partial charge in [0, 0.05) is 45.4 Å². The predicted octanol–water partition coefficient (Wildman–Crippen LogP) is 2.36. The summed E-state index contributed by atoms with van der Waals surface area (Å²) in [6.07, 6.45) is 6.41. The van der Waals surface area contributed by atoms with Gasteiger partial charge in [0.1, 0.15) is 0 Å². The summed E-state index contributed by atoms with van der Waals surface area (Å²) in [5.41, 5.74) is 0. The van der Waals surface area contributed by atoms with E-state index in [9.17, 15) is 0 Å². The Morgan fingerprint density at radius 1 is 1.07 bits per heavy atom. The van der Waals surface area contributed by atoms with E-state index in [1.54, 1.807) is 0 Å². The first kappa shape index (κ1) is 23.8. The molecule has 0 bridgehead atoms. The summed E-state index contributed by atoms with van der Waals surface area (Å²) in [6.45, 7) is 15.9. The second-order valence-corrected chi connectivity index (χ2v) is 9.16. The van der Waals surface area contributed by atoms with Crippen molar-refractivity contribution in [3.63, 3.8) is 0 Å². The first-order chi connectivity index (χ1) is 14.7. The highest BCUT2D eigenvalue weighted by Gasteiger charge is 2.26. The molecule has 7 heteroatoms. The molecule has 30 heavy (non-hydrogen) atoms. The molecular formula is C23H44N4O3. The van der Waals surface area contributed by atoms with Gasteiger partial charge in [-0.25, -0.2) is 0 Å². The summed E-state index contributed by atoms with van der Waals surface area (Å²) in [5, 5.41) is 3.52. The van der Waals surface area contributed by atoms with Crippen molar-refractivity contribution in [3.05, 3.63) is 0 Å². The number of piperidine rings is 1. The Morgan fingerprint density at radius 3 is 2.47 bits per heavy atom. The summed E-state index contributed by atoms with van der Waals surface area (Å²) < 4.78 is 17.5. The third kappa shape index (κ3) is 7.36. The number of morpholine rings is 1. The molecule has 0 aromatic heterocycles. The van der Waals surface area contributed by atoms with Crippen LogP contribution in [0.4, 0.5) is 0 Å². The van der Waals surface area contributed by atoms with Gasteiger partial charge < -0.3 is 24.4 Å². The zero-order valence-electron chi connectivity index (χ0n) is 19.5. The minimum Gasteiger partial charge on any atom is -0.379 e. The van der Waals surface area contributed by atoms with Gasteiger partial charge in [-0.15, -0.1) is 0 Å². The van der Waals surface area contributed by atoms with Crippen LogP contribution in [-0.4, -0.2) is 99.7 Å². The number of hydrogen-bond acceptors (Lipinski definition) is 5. The molecule has 3 rings (SSSR count). The van der Waals surface area contributed by atoms with E-state index in [4.69, 9.17) is 19.2 Å². The van der Waals surface area contributed by atoms with Crippen LogP contribution in [0, 0.1) is 5.92 Å². The maximum absolute atomic E-state index is 6.19. The Labute approximate surface area is 183 Å². The molecule has 7 nitrogen and oxygen atoms in total. The van der Waals surface area contributed by atoms with Crippen LogP contribution in [0.15, 0.2) is 4.99 Å². The summed E-state index contributed by atoms with van der Waals surface area (Å²) in [6, 6.07) is 0.471. The molecule has 3 fully saturated rings. The van der Waals surface area contributed by atoms with Crippen LogP contribution in [-0.2, 0) is 14.2 Å². The van der Waals surface area contributed by atoms with Crippen LogP contribution < -0.4 is 5.32 Å². The average molecular weight is 425 g/mol. The largest absolute Gasteiger partial charge is 0.379 e. The summed E-state index contributed by atoms with van der Waals surface area (Å²) in [5.74, 6) is 1.64. The first-order valence-electron chi connectivity index (χ1n) is 12.3. The number of rotatable bonds is 8. The SMILES string of the molecule is CCNC(=NCC(C(C)C)N1CCOCC1)N1CCC(OCC2CCCCO2)CC1. The molecule has 2 atom stereocenters. The molecule has 0 aromatic carbocycles. The van der Waals surface area contributed by atoms with Gasteiger partial charge in [0.2, 0.25) is 0 Å². The van der Waals surface area contributed by atoms with Crippen molar-refractivity contribution in [2.24, 2.45) is 10.9 Å². The van der Waals surface area contributed by atoms with E-state index in [0.717, 1.165) is 90.9 Å². The molecule has 0 saturated carbocycles. The fourth-order valence-corrected chi connectivity index (χ4v) is 4.68. The minimum absolute atomic E-state index is 0.309. The Kier molecular flexibility index (Phi) is 10.2. The molecule has 0 radical (unpaired) electrons. The van der Waals surface area contributed by atoms with E-state index in [1.165, 1.54) is 12.8 Å². The first-order valence-corrected chi connectivity index (χ1v) is 12.3. The number of nitrogens with zero attached hydrogens (tertiary/aromatic N) is 3. The topological polar surface area (TPSA) is 58.6 Å². The van der Waals surface area contributed by atoms with Crippen LogP contribution in [0.1, 0.15) is 52.9 Å². The lowest BCUT2D eigenvalue weighted by Gasteiger charge is -2.37. The molecular weight excluding hydrogens is 380 g/mol. The number of hydrogen-bond donors (Lipinski definition) is 1. The molecule has 0 amide bonds. The maximum Gasteiger partial charge on any atom is 0.193 e. The molecule has 0 aliphatic carbocycles. The van der Waals surface area contributed by atoms with Gasteiger partial charge in [0.25, 0.3) is 0 Å². The third-order valence-corrected chi connectivity index (χ3v) is 6.58. The van der Waals surface area contributed by atoms with Crippen molar-refractivity contribution in [2.75, 3.05) is 65.7 Å². The van der Waals surface area contributed by atoms with Crippen LogP contribution in [0.3, 0.4) is 0 Å². The van der Waals surface area contributed by atoms with E-state index in [2.05, 4.69) is 35.9 Å². The Hall–Kier alpha value is -0.890. The van der Waals surface area contributed by atoms with Crippen molar-refractivity contribution in [3.8, 4) is 0 Å². The number of likely N-dealkylation sites (tertiary alicyclic amines) is 1. The van der Waals surface area contributed by atoms with Gasteiger partial charge in [0.05, 0.1) is 38.6 Å². The lowest BCUT2D eigenvalue weighted by molar-refractivity contribution is -0.0721. The highest BCUT2D eigenvalue weighted by Crippen LogP contribution is 2.19. The molecule has 174 valence electrons. The standard InChI is InChI=1S/C23H44N4O3/c1-4-24-23(25-17-22(19(2)3)26-12-15-28-16-13-26)27-10-8-20(9-11-27)30-18-21-7-5-6-14-29-21/h19-22H,4-18H2,1-3H3,(H,24,25). The molecule has 0 aromatic rings. The van der Waals surface area contributed by atoms with Crippen molar-refractivity contribution < 1.29 is 14.2 Å². The number of aliphatic imine (C=N–C) groups is 1. The van der Waals surface area contributed by atoms with E-state index in [0.29, 0.717) is 24.2 Å². The molecule has 3 aliphatic rings. The maximum atomic E-state index is 6.19.